The Labute approximate surface area is 299 Å². The molecule has 4 unspecified atom stereocenters. The van der Waals surface area contributed by atoms with Crippen molar-refractivity contribution in [1.82, 2.24) is 31.1 Å². The van der Waals surface area contributed by atoms with Crippen LogP contribution in [0.1, 0.15) is 150 Å². The van der Waals surface area contributed by atoms with Crippen molar-refractivity contribution in [2.75, 3.05) is 19.6 Å². The zero-order chi connectivity index (χ0) is 34.2. The van der Waals surface area contributed by atoms with Crippen LogP contribution in [-0.2, 0) is 0 Å². The zero-order valence-electron chi connectivity index (χ0n) is 30.5. The van der Waals surface area contributed by atoms with E-state index in [2.05, 4.69) is 79.6 Å². The fraction of sp³-hybridized carbons (Fsp3) is 0.667. The van der Waals surface area contributed by atoms with Crippen LogP contribution in [0.15, 0.2) is 48.5 Å². The smallest absolute Gasteiger partial charge is 0.315 e. The van der Waals surface area contributed by atoms with Gasteiger partial charge in [0.1, 0.15) is 0 Å². The van der Waals surface area contributed by atoms with Gasteiger partial charge in [0.15, 0.2) is 0 Å². The molecule has 2 aliphatic carbocycles. The summed E-state index contributed by atoms with van der Waals surface area (Å²) in [5.41, 5.74) is 5.74. The number of nitrogens with zero attached hydrogens (tertiary/aromatic N) is 2. The van der Waals surface area contributed by atoms with Crippen LogP contribution >= 0.6 is 0 Å². The molecular weight excluding hydrogens is 621 g/mol. The van der Waals surface area contributed by atoms with Crippen molar-refractivity contribution in [2.45, 2.75) is 146 Å². The molecule has 8 heteroatoms. The summed E-state index contributed by atoms with van der Waals surface area (Å²) >= 11 is 0. The van der Waals surface area contributed by atoms with Crippen molar-refractivity contribution in [2.24, 2.45) is 11.8 Å². The molecule has 4 fully saturated rings. The molecule has 0 aromatic heterocycles. The molecule has 4 N–H and O–H groups in total. The average Bonchev–Trinajstić information content (AvgIpc) is 3.88. The number of hydrogen-bond acceptors (Lipinski definition) is 4. The predicted molar refractivity (Wildman–Crippen MR) is 199 cm³/mol. The maximum absolute atomic E-state index is 13.0. The van der Waals surface area contributed by atoms with Crippen molar-refractivity contribution in [3.8, 4) is 0 Å². The van der Waals surface area contributed by atoms with Gasteiger partial charge in [0, 0.05) is 42.8 Å². The number of carbonyl (C=O) groups excluding carboxylic acids is 2. The molecule has 8 nitrogen and oxygen atoms in total. The Hall–Kier alpha value is -3.10. The Kier molecular flexibility index (Phi) is 9.86. The van der Waals surface area contributed by atoms with E-state index in [4.69, 9.17) is 0 Å². The van der Waals surface area contributed by atoms with Crippen molar-refractivity contribution < 1.29 is 9.59 Å². The number of carbonyl (C=O) groups is 2. The van der Waals surface area contributed by atoms with Gasteiger partial charge in [0.2, 0.25) is 0 Å². The largest absolute Gasteiger partial charge is 0.336 e. The summed E-state index contributed by atoms with van der Waals surface area (Å²) in [6.45, 7) is 6.73. The summed E-state index contributed by atoms with van der Waals surface area (Å²) in [5, 5.41) is 12.6. The van der Waals surface area contributed by atoms with Gasteiger partial charge in [-0.15, -0.1) is 0 Å². The first-order valence-corrected chi connectivity index (χ1v) is 20.1. The fourth-order valence-electron chi connectivity index (χ4n) is 10.9. The molecular formula is C42H60N6O2. The molecule has 0 radical (unpaired) electrons. The maximum atomic E-state index is 13.0. The lowest BCUT2D eigenvalue weighted by Gasteiger charge is -2.33. The molecule has 270 valence electrons. The van der Waals surface area contributed by atoms with Crippen molar-refractivity contribution >= 4 is 12.1 Å². The van der Waals surface area contributed by atoms with E-state index in [9.17, 15) is 9.59 Å². The summed E-state index contributed by atoms with van der Waals surface area (Å²) in [6.07, 6.45) is 16.7. The van der Waals surface area contributed by atoms with Crippen LogP contribution in [0.5, 0.6) is 0 Å². The first-order chi connectivity index (χ1) is 24.3. The van der Waals surface area contributed by atoms with Crippen LogP contribution in [0.4, 0.5) is 9.59 Å². The third-order valence-corrected chi connectivity index (χ3v) is 13.6. The molecule has 2 saturated carbocycles. The second-order valence-electron chi connectivity index (χ2n) is 17.3. The van der Waals surface area contributed by atoms with E-state index in [0.717, 1.165) is 37.5 Å². The van der Waals surface area contributed by atoms with Crippen LogP contribution in [-0.4, -0.2) is 59.1 Å². The minimum Gasteiger partial charge on any atom is -0.336 e. The molecule has 2 saturated heterocycles. The Morgan fingerprint density at radius 2 is 0.960 bits per heavy atom. The highest BCUT2D eigenvalue weighted by atomic mass is 16.2. The maximum Gasteiger partial charge on any atom is 0.315 e. The summed E-state index contributed by atoms with van der Waals surface area (Å²) in [5.74, 6) is 1.50. The lowest BCUT2D eigenvalue weighted by molar-refractivity contribution is 0.183. The number of nitrogens with one attached hydrogen (secondary N) is 4. The molecule has 50 heavy (non-hydrogen) atoms. The van der Waals surface area contributed by atoms with Gasteiger partial charge in [0.25, 0.3) is 0 Å². The molecule has 8 rings (SSSR count). The van der Waals surface area contributed by atoms with Gasteiger partial charge < -0.3 is 21.3 Å². The number of hydrogen-bond donors (Lipinski definition) is 4. The summed E-state index contributed by atoms with van der Waals surface area (Å²) in [4.78, 5) is 31.3. The highest BCUT2D eigenvalue weighted by Gasteiger charge is 2.44. The van der Waals surface area contributed by atoms with Crippen LogP contribution in [0.3, 0.4) is 0 Å². The molecule has 4 heterocycles. The first kappa shape index (κ1) is 34.0. The third-order valence-electron chi connectivity index (χ3n) is 13.6. The predicted octanol–water partition coefficient (Wildman–Crippen LogP) is 8.04. The van der Waals surface area contributed by atoms with Gasteiger partial charge >= 0.3 is 12.1 Å². The van der Waals surface area contributed by atoms with Crippen LogP contribution < -0.4 is 21.3 Å². The molecule has 4 bridgehead atoms. The quantitative estimate of drug-likeness (QED) is 0.194. The van der Waals surface area contributed by atoms with E-state index in [0.29, 0.717) is 30.7 Å². The van der Waals surface area contributed by atoms with Gasteiger partial charge in [-0.05, 0) is 151 Å². The summed E-state index contributed by atoms with van der Waals surface area (Å²) in [7, 11) is 0. The van der Waals surface area contributed by atoms with Gasteiger partial charge in [-0.3, -0.25) is 9.80 Å². The minimum atomic E-state index is -0.544. The second-order valence-corrected chi connectivity index (χ2v) is 17.3. The Bertz CT molecular complexity index is 1450. The number of amides is 4. The Morgan fingerprint density at radius 3 is 1.36 bits per heavy atom. The van der Waals surface area contributed by atoms with E-state index >= 15 is 0 Å². The number of fused-ring (bicyclic) bond motifs is 10. The molecule has 4 atom stereocenters. The lowest BCUT2D eigenvalue weighted by atomic mass is 9.84. The fourth-order valence-corrected chi connectivity index (χ4v) is 10.9. The van der Waals surface area contributed by atoms with Crippen molar-refractivity contribution in [3.63, 3.8) is 0 Å². The zero-order valence-corrected chi connectivity index (χ0v) is 30.5. The summed E-state index contributed by atoms with van der Waals surface area (Å²) < 4.78 is 0. The highest BCUT2D eigenvalue weighted by molar-refractivity contribution is 5.76. The molecule has 0 spiro atoms. The van der Waals surface area contributed by atoms with Gasteiger partial charge in [-0.2, -0.15) is 0 Å². The topological polar surface area (TPSA) is 88.7 Å². The van der Waals surface area contributed by atoms with Crippen LogP contribution in [0.25, 0.3) is 0 Å². The van der Waals surface area contributed by atoms with E-state index in [1.54, 1.807) is 22.3 Å². The lowest BCUT2D eigenvalue weighted by Crippen LogP contribution is -2.57. The SMILES string of the molecule is CC(C)(CNC(=O)NC1CCC(CCN2C3CCC2c2ccccc23)CC1)NC(=O)NC1CCC(CCN2C3CCC2c2ccccc23)CC1. The molecule has 4 amide bonds. The van der Waals surface area contributed by atoms with Gasteiger partial charge in [-0.25, -0.2) is 9.59 Å². The normalized spacial score (nSPS) is 31.6. The standard InChI is InChI=1S/C42H60N6O2/c1-42(2,46-41(50)45-31-17-13-29(14-18-31)24-26-48-38-21-22-39(48)35-10-6-5-9-34(35)38)27-43-40(49)44-30-15-11-28(12-16-30)23-25-47-36-19-20-37(47)33-8-4-3-7-32(33)36/h3-10,28-31,36-39H,11-27H2,1-2H3,(H2,43,44,49)(H2,45,46,50). The first-order valence-electron chi connectivity index (χ1n) is 20.1. The molecule has 6 aliphatic rings. The molecule has 4 aliphatic heterocycles. The van der Waals surface area contributed by atoms with E-state index in [1.807, 2.05) is 13.8 Å². The Balaban J connectivity index is 0.686. The van der Waals surface area contributed by atoms with Crippen LogP contribution in [0.2, 0.25) is 0 Å². The minimum absolute atomic E-state index is 0.126. The third kappa shape index (κ3) is 7.16. The van der Waals surface area contributed by atoms with E-state index in [-0.39, 0.29) is 24.1 Å². The number of benzene rings is 2. The van der Waals surface area contributed by atoms with Gasteiger partial charge in [-0.1, -0.05) is 48.5 Å². The average molecular weight is 681 g/mol. The summed E-state index contributed by atoms with van der Waals surface area (Å²) in [6, 6.07) is 20.9. The van der Waals surface area contributed by atoms with E-state index in [1.165, 1.54) is 77.3 Å². The monoisotopic (exact) mass is 680 g/mol. The highest BCUT2D eigenvalue weighted by Crippen LogP contribution is 2.54. The molecule has 2 aromatic carbocycles. The van der Waals surface area contributed by atoms with Crippen molar-refractivity contribution in [3.05, 3.63) is 70.8 Å². The number of urea groups is 2. The number of rotatable bonds is 11. The van der Waals surface area contributed by atoms with E-state index < -0.39 is 5.54 Å². The van der Waals surface area contributed by atoms with Crippen LogP contribution in [0, 0.1) is 11.8 Å². The van der Waals surface area contributed by atoms with Gasteiger partial charge in [0.05, 0.1) is 5.54 Å². The van der Waals surface area contributed by atoms with Crippen molar-refractivity contribution in [1.29, 1.82) is 0 Å². The molecule has 2 aromatic rings. The second kappa shape index (κ2) is 14.5. The Morgan fingerprint density at radius 1 is 0.580 bits per heavy atom.